The molecule has 0 aliphatic carbocycles. The Morgan fingerprint density at radius 3 is 2.77 bits per heavy atom. The third-order valence-corrected chi connectivity index (χ3v) is 5.17. The summed E-state index contributed by atoms with van der Waals surface area (Å²) in [4.78, 5) is 34.8. The highest BCUT2D eigenvalue weighted by Gasteiger charge is 2.25. The number of amides is 2. The summed E-state index contributed by atoms with van der Waals surface area (Å²) in [6, 6.07) is 11.2. The van der Waals surface area contributed by atoms with Gasteiger partial charge in [-0.2, -0.15) is 0 Å². The lowest BCUT2D eigenvalue weighted by Gasteiger charge is -2.33. The van der Waals surface area contributed by atoms with Gasteiger partial charge < -0.3 is 15.5 Å². The van der Waals surface area contributed by atoms with Crippen molar-refractivity contribution in [3.63, 3.8) is 0 Å². The number of nitrogens with zero attached hydrogens (tertiary/aromatic N) is 3. The number of hydrogen-bond acceptors (Lipinski definition) is 5. The number of hydrogen-bond donors (Lipinski definition) is 2. The van der Waals surface area contributed by atoms with Gasteiger partial charge in [-0.1, -0.05) is 6.58 Å². The Morgan fingerprint density at radius 1 is 1.19 bits per heavy atom. The summed E-state index contributed by atoms with van der Waals surface area (Å²) in [6.07, 6.45) is 4.53. The molecule has 8 heteroatoms. The maximum Gasteiger partial charge on any atom is 0.253 e. The number of anilines is 2. The topological polar surface area (TPSA) is 87.2 Å². The molecule has 0 saturated carbocycles. The van der Waals surface area contributed by atoms with E-state index in [1.54, 1.807) is 41.4 Å². The molecular weight excluding hydrogens is 397 g/mol. The highest BCUT2D eigenvalue weighted by molar-refractivity contribution is 5.99. The number of benzene rings is 2. The predicted octanol–water partition coefficient (Wildman–Crippen LogP) is 3.61. The van der Waals surface area contributed by atoms with Crippen LogP contribution in [0.5, 0.6) is 0 Å². The first-order valence-corrected chi connectivity index (χ1v) is 10.0. The van der Waals surface area contributed by atoms with Crippen molar-refractivity contribution >= 4 is 34.4 Å². The lowest BCUT2D eigenvalue weighted by Crippen LogP contribution is -2.45. The highest BCUT2D eigenvalue weighted by Crippen LogP contribution is 2.19. The van der Waals surface area contributed by atoms with Gasteiger partial charge >= 0.3 is 0 Å². The lowest BCUT2D eigenvalue weighted by molar-refractivity contribution is -0.111. The number of halogens is 1. The minimum absolute atomic E-state index is 0.0155. The van der Waals surface area contributed by atoms with E-state index in [-0.39, 0.29) is 23.7 Å². The largest absolute Gasteiger partial charge is 0.350 e. The summed E-state index contributed by atoms with van der Waals surface area (Å²) in [7, 11) is 0. The Hall–Kier alpha value is -3.81. The molecular formula is C23H22FN5O2. The zero-order valence-corrected chi connectivity index (χ0v) is 16.8. The van der Waals surface area contributed by atoms with Crippen LogP contribution >= 0.6 is 0 Å². The molecule has 1 aliphatic rings. The van der Waals surface area contributed by atoms with Crippen LogP contribution in [-0.4, -0.2) is 45.8 Å². The number of fused-ring (bicyclic) bond motifs is 1. The smallest absolute Gasteiger partial charge is 0.253 e. The molecule has 0 spiro atoms. The van der Waals surface area contributed by atoms with E-state index in [0.29, 0.717) is 41.2 Å². The fraction of sp³-hybridized carbons (Fsp3) is 0.217. The first kappa shape index (κ1) is 20.5. The second kappa shape index (κ2) is 8.91. The van der Waals surface area contributed by atoms with Gasteiger partial charge in [-0.15, -0.1) is 0 Å². The van der Waals surface area contributed by atoms with E-state index in [9.17, 15) is 14.0 Å². The van der Waals surface area contributed by atoms with E-state index in [4.69, 9.17) is 0 Å². The molecule has 1 aliphatic heterocycles. The molecule has 2 aromatic carbocycles. The van der Waals surface area contributed by atoms with Gasteiger partial charge in [0.15, 0.2) is 0 Å². The Balaban J connectivity index is 1.41. The summed E-state index contributed by atoms with van der Waals surface area (Å²) in [6.45, 7) is 4.61. The van der Waals surface area contributed by atoms with Crippen molar-refractivity contribution in [1.82, 2.24) is 14.9 Å². The summed E-state index contributed by atoms with van der Waals surface area (Å²) < 4.78 is 13.3. The molecule has 1 fully saturated rings. The van der Waals surface area contributed by atoms with E-state index in [2.05, 4.69) is 27.2 Å². The fourth-order valence-electron chi connectivity index (χ4n) is 3.61. The fourth-order valence-corrected chi connectivity index (χ4v) is 3.61. The molecule has 31 heavy (non-hydrogen) atoms. The average Bonchev–Trinajstić information content (AvgIpc) is 2.79. The Morgan fingerprint density at radius 2 is 2.00 bits per heavy atom. The van der Waals surface area contributed by atoms with Gasteiger partial charge in [0.1, 0.15) is 5.82 Å². The van der Waals surface area contributed by atoms with Crippen LogP contribution in [0.1, 0.15) is 23.2 Å². The summed E-state index contributed by atoms with van der Waals surface area (Å²) in [5.41, 5.74) is 1.82. The molecule has 0 unspecified atom stereocenters. The molecule has 158 valence electrons. The lowest BCUT2D eigenvalue weighted by atomic mass is 10.0. The van der Waals surface area contributed by atoms with Gasteiger partial charge in [-0.3, -0.25) is 9.59 Å². The molecule has 1 saturated heterocycles. The molecule has 2 heterocycles. The van der Waals surface area contributed by atoms with Crippen LogP contribution in [-0.2, 0) is 4.79 Å². The van der Waals surface area contributed by atoms with E-state index in [1.165, 1.54) is 18.2 Å². The van der Waals surface area contributed by atoms with Gasteiger partial charge in [0.25, 0.3) is 5.91 Å². The quantitative estimate of drug-likeness (QED) is 0.617. The van der Waals surface area contributed by atoms with Crippen molar-refractivity contribution < 1.29 is 14.0 Å². The number of rotatable bonds is 5. The van der Waals surface area contributed by atoms with Crippen molar-refractivity contribution in [2.75, 3.05) is 23.7 Å². The van der Waals surface area contributed by atoms with Crippen LogP contribution in [0.25, 0.3) is 10.9 Å². The zero-order valence-electron chi connectivity index (χ0n) is 16.8. The van der Waals surface area contributed by atoms with E-state index >= 15 is 0 Å². The highest BCUT2D eigenvalue weighted by atomic mass is 19.1. The first-order valence-electron chi connectivity index (χ1n) is 10.0. The van der Waals surface area contributed by atoms with Gasteiger partial charge in [-0.05, 0) is 61.4 Å². The van der Waals surface area contributed by atoms with E-state index in [0.717, 1.165) is 12.8 Å². The Bertz CT molecular complexity index is 1130. The molecule has 2 amide bonds. The molecule has 2 N–H and O–H groups in total. The molecule has 1 aromatic heterocycles. The third kappa shape index (κ3) is 4.85. The van der Waals surface area contributed by atoms with Crippen LogP contribution in [0.4, 0.5) is 16.0 Å². The Labute approximate surface area is 179 Å². The second-order valence-corrected chi connectivity index (χ2v) is 7.40. The monoisotopic (exact) mass is 419 g/mol. The molecule has 1 atom stereocenters. The number of carbonyl (C=O) groups excluding carboxylic acids is 2. The third-order valence-electron chi connectivity index (χ3n) is 5.17. The van der Waals surface area contributed by atoms with Crippen LogP contribution in [0.15, 0.2) is 61.3 Å². The standard InChI is InChI=1S/C23H22FN5O2/c1-2-21(30)26-18-8-5-15(6-9-18)22(31)29-11-3-4-19(14-29)27-23-25-13-16-12-17(24)7-10-20(16)28-23/h2,5-10,12-13,19H,1,3-4,11,14H2,(H,26,30)(H,25,27,28)/t19-/m1/s1. The Kier molecular flexibility index (Phi) is 5.88. The molecule has 0 bridgehead atoms. The predicted molar refractivity (Wildman–Crippen MR) is 117 cm³/mol. The van der Waals surface area contributed by atoms with Crippen LogP contribution in [0, 0.1) is 5.82 Å². The van der Waals surface area contributed by atoms with Gasteiger partial charge in [0.2, 0.25) is 11.9 Å². The van der Waals surface area contributed by atoms with Crippen molar-refractivity contribution in [2.24, 2.45) is 0 Å². The van der Waals surface area contributed by atoms with E-state index in [1.807, 2.05) is 0 Å². The van der Waals surface area contributed by atoms with Gasteiger partial charge in [0.05, 0.1) is 5.52 Å². The van der Waals surface area contributed by atoms with Crippen molar-refractivity contribution in [3.8, 4) is 0 Å². The first-order chi connectivity index (χ1) is 15.0. The molecule has 3 aromatic rings. The zero-order chi connectivity index (χ0) is 21.8. The number of aromatic nitrogens is 2. The van der Waals surface area contributed by atoms with Gasteiger partial charge in [0, 0.05) is 42.0 Å². The summed E-state index contributed by atoms with van der Waals surface area (Å²) in [5, 5.41) is 6.59. The van der Waals surface area contributed by atoms with Crippen LogP contribution < -0.4 is 10.6 Å². The molecule has 4 rings (SSSR count). The SMILES string of the molecule is C=CC(=O)Nc1ccc(C(=O)N2CCC[C@@H](Nc3ncc4cc(F)ccc4n3)C2)cc1. The van der Waals surface area contributed by atoms with Crippen molar-refractivity contribution in [2.45, 2.75) is 18.9 Å². The van der Waals surface area contributed by atoms with Crippen molar-refractivity contribution in [3.05, 3.63) is 72.7 Å². The van der Waals surface area contributed by atoms with Crippen LogP contribution in [0.3, 0.4) is 0 Å². The number of carbonyl (C=O) groups is 2. The second-order valence-electron chi connectivity index (χ2n) is 7.40. The number of piperidine rings is 1. The summed E-state index contributed by atoms with van der Waals surface area (Å²) >= 11 is 0. The maximum absolute atomic E-state index is 13.3. The summed E-state index contributed by atoms with van der Waals surface area (Å²) in [5.74, 6) is -0.233. The molecule has 7 nitrogen and oxygen atoms in total. The number of nitrogens with one attached hydrogen (secondary N) is 2. The minimum Gasteiger partial charge on any atom is -0.350 e. The number of likely N-dealkylation sites (tertiary alicyclic amines) is 1. The average molecular weight is 419 g/mol. The van der Waals surface area contributed by atoms with Crippen molar-refractivity contribution in [1.29, 1.82) is 0 Å². The normalized spacial score (nSPS) is 16.0. The van der Waals surface area contributed by atoms with Crippen LogP contribution in [0.2, 0.25) is 0 Å². The maximum atomic E-state index is 13.3. The molecule has 0 radical (unpaired) electrons. The van der Waals surface area contributed by atoms with Gasteiger partial charge in [-0.25, -0.2) is 14.4 Å². The minimum atomic E-state index is -0.325. The van der Waals surface area contributed by atoms with E-state index < -0.39 is 0 Å².